The molecule has 2 N–H and O–H groups in total. The normalized spacial score (nSPS) is 12.6. The highest BCUT2D eigenvalue weighted by Gasteiger charge is 2.09. The van der Waals surface area contributed by atoms with Crippen molar-refractivity contribution in [3.05, 3.63) is 40.6 Å². The van der Waals surface area contributed by atoms with Crippen LogP contribution < -0.4 is 5.73 Å². The van der Waals surface area contributed by atoms with Crippen molar-refractivity contribution in [1.82, 2.24) is 4.98 Å². The first kappa shape index (κ1) is 9.42. The van der Waals surface area contributed by atoms with Crippen LogP contribution in [0, 0.1) is 6.92 Å². The third kappa shape index (κ3) is 1.73. The maximum Gasteiger partial charge on any atom is 0.111 e. The van der Waals surface area contributed by atoms with Crippen LogP contribution in [0.3, 0.4) is 0 Å². The van der Waals surface area contributed by atoms with Crippen LogP contribution in [-0.2, 0) is 0 Å². The summed E-state index contributed by atoms with van der Waals surface area (Å²) in [7, 11) is 0. The molecule has 1 heterocycles. The van der Waals surface area contributed by atoms with Crippen molar-refractivity contribution in [3.8, 4) is 0 Å². The number of nitrogens with two attached hydrogens (primary N) is 1. The minimum Gasteiger partial charge on any atom is -0.321 e. The van der Waals surface area contributed by atoms with Crippen molar-refractivity contribution < 1.29 is 0 Å². The molecule has 1 rings (SSSR count). The molecule has 0 aliphatic carbocycles. The average Bonchev–Trinajstić information content (AvgIpc) is 2.03. The van der Waals surface area contributed by atoms with E-state index in [1.807, 2.05) is 13.0 Å². The average molecular weight is 227 g/mol. The first-order chi connectivity index (χ1) is 5.66. The molecule has 0 spiro atoms. The van der Waals surface area contributed by atoms with Gasteiger partial charge in [-0.15, -0.1) is 6.58 Å². The molecule has 0 radical (unpaired) electrons. The Kier molecular flexibility index (Phi) is 3.00. The smallest absolute Gasteiger partial charge is 0.111 e. The van der Waals surface area contributed by atoms with Gasteiger partial charge in [-0.05, 0) is 34.5 Å². The van der Waals surface area contributed by atoms with E-state index in [1.54, 1.807) is 12.3 Å². The number of halogens is 1. The van der Waals surface area contributed by atoms with Crippen molar-refractivity contribution in [1.29, 1.82) is 0 Å². The van der Waals surface area contributed by atoms with Crippen LogP contribution >= 0.6 is 15.9 Å². The largest absolute Gasteiger partial charge is 0.321 e. The number of nitrogens with zero attached hydrogens (tertiary/aromatic N) is 1. The van der Waals surface area contributed by atoms with E-state index in [4.69, 9.17) is 5.73 Å². The summed E-state index contributed by atoms with van der Waals surface area (Å²) in [5.41, 5.74) is 7.94. The number of aryl methyl sites for hydroxylation is 1. The lowest BCUT2D eigenvalue weighted by molar-refractivity contribution is 0.880. The Balaban J connectivity index is 3.20. The van der Waals surface area contributed by atoms with Gasteiger partial charge in [0.1, 0.15) is 4.60 Å². The van der Waals surface area contributed by atoms with Gasteiger partial charge in [-0.25, -0.2) is 4.98 Å². The quantitative estimate of drug-likeness (QED) is 0.622. The summed E-state index contributed by atoms with van der Waals surface area (Å²) in [4.78, 5) is 4.10. The van der Waals surface area contributed by atoms with Crippen LogP contribution in [0.25, 0.3) is 0 Å². The van der Waals surface area contributed by atoms with E-state index in [0.717, 1.165) is 15.7 Å². The van der Waals surface area contributed by atoms with Crippen molar-refractivity contribution in [2.24, 2.45) is 5.73 Å². The lowest BCUT2D eigenvalue weighted by atomic mass is 10.1. The second kappa shape index (κ2) is 3.83. The van der Waals surface area contributed by atoms with Crippen LogP contribution in [0.5, 0.6) is 0 Å². The molecule has 1 atom stereocenters. The van der Waals surface area contributed by atoms with E-state index in [9.17, 15) is 0 Å². The topological polar surface area (TPSA) is 38.9 Å². The van der Waals surface area contributed by atoms with E-state index in [1.165, 1.54) is 0 Å². The fourth-order valence-corrected chi connectivity index (χ4v) is 1.75. The van der Waals surface area contributed by atoms with Crippen LogP contribution in [0.4, 0.5) is 0 Å². The number of hydrogen-bond acceptors (Lipinski definition) is 2. The molecule has 12 heavy (non-hydrogen) atoms. The number of pyridine rings is 1. The first-order valence-corrected chi connectivity index (χ1v) is 4.45. The molecule has 1 aromatic heterocycles. The SMILES string of the molecule is C=CC(N)c1c(C)ccnc1Br. The van der Waals surface area contributed by atoms with Crippen LogP contribution in [0.1, 0.15) is 17.2 Å². The molecule has 1 unspecified atom stereocenters. The zero-order chi connectivity index (χ0) is 9.14. The van der Waals surface area contributed by atoms with Crippen LogP contribution in [0.15, 0.2) is 29.5 Å². The molecule has 2 nitrogen and oxygen atoms in total. The molecule has 0 fully saturated rings. The van der Waals surface area contributed by atoms with Gasteiger partial charge in [0.15, 0.2) is 0 Å². The summed E-state index contributed by atoms with van der Waals surface area (Å²) in [5, 5.41) is 0. The van der Waals surface area contributed by atoms with Gasteiger partial charge in [-0.1, -0.05) is 6.08 Å². The van der Waals surface area contributed by atoms with Gasteiger partial charge >= 0.3 is 0 Å². The molecule has 3 heteroatoms. The van der Waals surface area contributed by atoms with Crippen molar-refractivity contribution >= 4 is 15.9 Å². The Morgan fingerprint density at radius 1 is 1.75 bits per heavy atom. The second-order valence-electron chi connectivity index (χ2n) is 2.59. The van der Waals surface area contributed by atoms with Crippen LogP contribution in [0.2, 0.25) is 0 Å². The van der Waals surface area contributed by atoms with Gasteiger partial charge in [0.25, 0.3) is 0 Å². The fraction of sp³-hybridized carbons (Fsp3) is 0.222. The van der Waals surface area contributed by atoms with Gasteiger partial charge in [-0.3, -0.25) is 0 Å². The van der Waals surface area contributed by atoms with E-state index >= 15 is 0 Å². The number of aromatic nitrogens is 1. The van der Waals surface area contributed by atoms with E-state index in [-0.39, 0.29) is 6.04 Å². The Bertz CT molecular complexity index is 276. The Morgan fingerprint density at radius 3 is 2.92 bits per heavy atom. The molecule has 1 aromatic rings. The lowest BCUT2D eigenvalue weighted by Crippen LogP contribution is -2.09. The van der Waals surface area contributed by atoms with Crippen molar-refractivity contribution in [2.45, 2.75) is 13.0 Å². The summed E-state index contributed by atoms with van der Waals surface area (Å²) < 4.78 is 0.801. The van der Waals surface area contributed by atoms with Crippen molar-refractivity contribution in [2.75, 3.05) is 0 Å². The predicted molar refractivity (Wildman–Crippen MR) is 53.8 cm³/mol. The predicted octanol–water partition coefficient (Wildman–Crippen LogP) is 2.34. The Hall–Kier alpha value is -0.670. The Labute approximate surface area is 80.6 Å². The van der Waals surface area contributed by atoms with Gasteiger partial charge < -0.3 is 5.73 Å². The summed E-state index contributed by atoms with van der Waals surface area (Å²) in [6.45, 7) is 5.65. The molecule has 0 bridgehead atoms. The number of hydrogen-bond donors (Lipinski definition) is 1. The van der Waals surface area contributed by atoms with E-state index in [2.05, 4.69) is 27.5 Å². The minimum atomic E-state index is -0.145. The third-order valence-corrected chi connectivity index (χ3v) is 2.38. The van der Waals surface area contributed by atoms with Gasteiger partial charge in [-0.2, -0.15) is 0 Å². The van der Waals surface area contributed by atoms with Gasteiger partial charge in [0.2, 0.25) is 0 Å². The third-order valence-electron chi connectivity index (χ3n) is 1.75. The van der Waals surface area contributed by atoms with Gasteiger partial charge in [0, 0.05) is 11.8 Å². The summed E-state index contributed by atoms with van der Waals surface area (Å²) >= 11 is 3.35. The monoisotopic (exact) mass is 226 g/mol. The fourth-order valence-electron chi connectivity index (χ4n) is 1.05. The van der Waals surface area contributed by atoms with Crippen LogP contribution in [-0.4, -0.2) is 4.98 Å². The second-order valence-corrected chi connectivity index (χ2v) is 3.34. The summed E-state index contributed by atoms with van der Waals surface area (Å²) in [6, 6.07) is 1.79. The highest BCUT2D eigenvalue weighted by molar-refractivity contribution is 9.10. The zero-order valence-electron chi connectivity index (χ0n) is 6.92. The highest BCUT2D eigenvalue weighted by Crippen LogP contribution is 2.23. The zero-order valence-corrected chi connectivity index (χ0v) is 8.51. The summed E-state index contributed by atoms with van der Waals surface area (Å²) in [5.74, 6) is 0. The Morgan fingerprint density at radius 2 is 2.42 bits per heavy atom. The molecule has 0 aliphatic heterocycles. The van der Waals surface area contributed by atoms with E-state index in [0.29, 0.717) is 0 Å². The molecular formula is C9H11BrN2. The van der Waals surface area contributed by atoms with E-state index < -0.39 is 0 Å². The molecule has 0 aliphatic rings. The molecule has 0 saturated heterocycles. The maximum absolute atomic E-state index is 5.81. The molecule has 64 valence electrons. The maximum atomic E-state index is 5.81. The molecular weight excluding hydrogens is 216 g/mol. The summed E-state index contributed by atoms with van der Waals surface area (Å²) in [6.07, 6.45) is 3.45. The highest BCUT2D eigenvalue weighted by atomic mass is 79.9. The lowest BCUT2D eigenvalue weighted by Gasteiger charge is -2.11. The standard InChI is InChI=1S/C9H11BrN2/c1-3-7(11)8-6(2)4-5-12-9(8)10/h3-5,7H,1,11H2,2H3. The molecule has 0 saturated carbocycles. The van der Waals surface area contributed by atoms with Gasteiger partial charge in [0.05, 0.1) is 6.04 Å². The minimum absolute atomic E-state index is 0.145. The molecule has 0 amide bonds. The van der Waals surface area contributed by atoms with Crippen molar-refractivity contribution in [3.63, 3.8) is 0 Å². The number of rotatable bonds is 2. The molecule has 0 aromatic carbocycles. The first-order valence-electron chi connectivity index (χ1n) is 3.66.